The second-order valence-corrected chi connectivity index (χ2v) is 7.98. The number of aromatic nitrogens is 1. The average molecular weight is 383 g/mol. The molecular weight excluding hydrogens is 354 g/mol. The summed E-state index contributed by atoms with van der Waals surface area (Å²) in [5.74, 6) is 0. The number of hydrogen-bond donors (Lipinski definition) is 3. The maximum absolute atomic E-state index is 13.0. The minimum absolute atomic E-state index is 0.0268. The third-order valence-corrected chi connectivity index (χ3v) is 5.73. The van der Waals surface area contributed by atoms with Gasteiger partial charge in [0.25, 0.3) is 0 Å². The maximum atomic E-state index is 13.0. The summed E-state index contributed by atoms with van der Waals surface area (Å²) >= 11 is 0. The number of amides is 4. The van der Waals surface area contributed by atoms with E-state index in [1.165, 1.54) is 5.56 Å². The zero-order valence-electron chi connectivity index (χ0n) is 16.6. The van der Waals surface area contributed by atoms with Crippen LogP contribution in [-0.2, 0) is 6.54 Å². The Labute approximate surface area is 165 Å². The number of aromatic amines is 1. The molecule has 0 bridgehead atoms. The van der Waals surface area contributed by atoms with Crippen LogP contribution < -0.4 is 10.6 Å². The van der Waals surface area contributed by atoms with Crippen LogP contribution >= 0.6 is 0 Å². The Morgan fingerprint density at radius 2 is 2.04 bits per heavy atom. The third kappa shape index (κ3) is 3.93. The summed E-state index contributed by atoms with van der Waals surface area (Å²) < 4.78 is 0. The quantitative estimate of drug-likeness (QED) is 0.759. The number of likely N-dealkylation sites (tertiary alicyclic amines) is 1. The van der Waals surface area contributed by atoms with Crippen molar-refractivity contribution < 1.29 is 9.59 Å². The molecule has 1 aromatic heterocycles. The molecule has 7 nitrogen and oxygen atoms in total. The Kier molecular flexibility index (Phi) is 5.15. The molecule has 1 aliphatic heterocycles. The van der Waals surface area contributed by atoms with Crippen molar-refractivity contribution in [3.63, 3.8) is 0 Å². The number of hydrogen-bond acceptors (Lipinski definition) is 2. The van der Waals surface area contributed by atoms with E-state index in [1.54, 1.807) is 7.05 Å². The van der Waals surface area contributed by atoms with Gasteiger partial charge in [-0.25, -0.2) is 9.59 Å². The van der Waals surface area contributed by atoms with E-state index in [4.69, 9.17) is 0 Å². The van der Waals surface area contributed by atoms with Gasteiger partial charge in [-0.3, -0.25) is 0 Å². The molecule has 1 saturated heterocycles. The van der Waals surface area contributed by atoms with Crippen LogP contribution in [0.3, 0.4) is 0 Å². The highest BCUT2D eigenvalue weighted by molar-refractivity contribution is 5.81. The largest absolute Gasteiger partial charge is 0.357 e. The van der Waals surface area contributed by atoms with Crippen LogP contribution in [0.5, 0.6) is 0 Å². The molecule has 1 aromatic carbocycles. The second kappa shape index (κ2) is 7.73. The van der Waals surface area contributed by atoms with Gasteiger partial charge in [0, 0.05) is 37.4 Å². The van der Waals surface area contributed by atoms with Crippen LogP contribution in [0, 0.1) is 6.92 Å². The normalized spacial score (nSPS) is 19.5. The molecule has 0 spiro atoms. The Morgan fingerprint density at radius 3 is 2.79 bits per heavy atom. The van der Waals surface area contributed by atoms with E-state index in [-0.39, 0.29) is 18.1 Å². The number of nitrogens with zero attached hydrogens (tertiary/aromatic N) is 2. The summed E-state index contributed by atoms with van der Waals surface area (Å²) in [6, 6.07) is 8.70. The third-order valence-electron chi connectivity index (χ3n) is 5.73. The average Bonchev–Trinajstić information content (AvgIpc) is 3.44. The van der Waals surface area contributed by atoms with E-state index >= 15 is 0 Å². The lowest BCUT2D eigenvalue weighted by molar-refractivity contribution is 0.116. The number of rotatable bonds is 4. The van der Waals surface area contributed by atoms with Crippen molar-refractivity contribution >= 4 is 23.0 Å². The number of carbonyl (C=O) groups is 2. The van der Waals surface area contributed by atoms with Crippen molar-refractivity contribution in [3.8, 4) is 0 Å². The minimum atomic E-state index is -0.0609. The molecule has 150 valence electrons. The standard InChI is InChI=1S/C21H29N5O2/c1-14-5-6-15-11-16(24-19(15)10-14)12-23-21(28)26(17-7-8-17)18-4-3-9-25(13-18)20(27)22-2/h5-6,10-11,17-18,24H,3-4,7-9,12-13H2,1-2H3,(H,22,27)(H,23,28)/t18-/m1/s1. The van der Waals surface area contributed by atoms with Crippen LogP contribution in [-0.4, -0.2) is 59.1 Å². The first-order valence-electron chi connectivity index (χ1n) is 10.2. The van der Waals surface area contributed by atoms with Crippen LogP contribution in [0.25, 0.3) is 10.9 Å². The second-order valence-electron chi connectivity index (χ2n) is 7.98. The number of nitrogens with one attached hydrogen (secondary N) is 3. The molecule has 1 aliphatic carbocycles. The molecule has 2 aliphatic rings. The van der Waals surface area contributed by atoms with Gasteiger partial charge >= 0.3 is 12.1 Å². The maximum Gasteiger partial charge on any atom is 0.318 e. The van der Waals surface area contributed by atoms with E-state index in [1.807, 2.05) is 9.80 Å². The van der Waals surface area contributed by atoms with Gasteiger partial charge < -0.3 is 25.4 Å². The van der Waals surface area contributed by atoms with E-state index in [0.29, 0.717) is 19.1 Å². The number of fused-ring (bicyclic) bond motifs is 1. The van der Waals surface area contributed by atoms with E-state index in [9.17, 15) is 9.59 Å². The molecule has 1 saturated carbocycles. The molecule has 2 aromatic rings. The topological polar surface area (TPSA) is 80.5 Å². The van der Waals surface area contributed by atoms with Gasteiger partial charge in [-0.2, -0.15) is 0 Å². The Morgan fingerprint density at radius 1 is 1.21 bits per heavy atom. The Balaban J connectivity index is 1.41. The van der Waals surface area contributed by atoms with Crippen molar-refractivity contribution in [3.05, 3.63) is 35.5 Å². The summed E-state index contributed by atoms with van der Waals surface area (Å²) in [7, 11) is 1.65. The number of H-pyrrole nitrogens is 1. The summed E-state index contributed by atoms with van der Waals surface area (Å²) in [5, 5.41) is 6.94. The summed E-state index contributed by atoms with van der Waals surface area (Å²) in [6.45, 7) is 3.91. The number of carbonyl (C=O) groups excluding carboxylic acids is 2. The molecule has 28 heavy (non-hydrogen) atoms. The van der Waals surface area contributed by atoms with Gasteiger partial charge in [-0.05, 0) is 55.7 Å². The van der Waals surface area contributed by atoms with Crippen molar-refractivity contribution in [1.29, 1.82) is 0 Å². The highest BCUT2D eigenvalue weighted by Crippen LogP contribution is 2.31. The van der Waals surface area contributed by atoms with E-state index in [2.05, 4.69) is 46.8 Å². The molecule has 0 radical (unpaired) electrons. The van der Waals surface area contributed by atoms with Crippen molar-refractivity contribution in [2.24, 2.45) is 0 Å². The smallest absolute Gasteiger partial charge is 0.318 e. The van der Waals surface area contributed by atoms with Crippen LogP contribution in [0.2, 0.25) is 0 Å². The first-order valence-corrected chi connectivity index (χ1v) is 10.2. The zero-order chi connectivity index (χ0) is 19.7. The molecule has 2 fully saturated rings. The highest BCUT2D eigenvalue weighted by Gasteiger charge is 2.39. The van der Waals surface area contributed by atoms with Gasteiger partial charge in [-0.1, -0.05) is 12.1 Å². The molecule has 4 rings (SSSR count). The monoisotopic (exact) mass is 383 g/mol. The molecule has 0 unspecified atom stereocenters. The van der Waals surface area contributed by atoms with Gasteiger partial charge in [0.05, 0.1) is 12.6 Å². The minimum Gasteiger partial charge on any atom is -0.357 e. The predicted octanol–water partition coefficient (Wildman–Crippen LogP) is 2.95. The highest BCUT2D eigenvalue weighted by atomic mass is 16.2. The Hall–Kier alpha value is -2.70. The summed E-state index contributed by atoms with van der Waals surface area (Å²) in [4.78, 5) is 32.2. The molecule has 3 N–H and O–H groups in total. The molecule has 7 heteroatoms. The molecular formula is C21H29N5O2. The van der Waals surface area contributed by atoms with Crippen molar-refractivity contribution in [1.82, 2.24) is 25.4 Å². The van der Waals surface area contributed by atoms with Gasteiger partial charge in [0.2, 0.25) is 0 Å². The fraction of sp³-hybridized carbons (Fsp3) is 0.524. The Bertz CT molecular complexity index is 873. The predicted molar refractivity (Wildman–Crippen MR) is 109 cm³/mol. The number of benzene rings is 1. The van der Waals surface area contributed by atoms with Gasteiger partial charge in [-0.15, -0.1) is 0 Å². The van der Waals surface area contributed by atoms with Crippen molar-refractivity contribution in [2.75, 3.05) is 20.1 Å². The summed E-state index contributed by atoms with van der Waals surface area (Å²) in [5.41, 5.74) is 3.31. The SMILES string of the molecule is CNC(=O)N1CCC[C@@H](N(C(=O)NCc2cc3ccc(C)cc3[nH]2)C2CC2)C1. The van der Waals surface area contributed by atoms with Crippen LogP contribution in [0.4, 0.5) is 9.59 Å². The number of aryl methyl sites for hydroxylation is 1. The summed E-state index contributed by atoms with van der Waals surface area (Å²) in [6.07, 6.45) is 3.98. The van der Waals surface area contributed by atoms with E-state index in [0.717, 1.165) is 48.8 Å². The first kappa shape index (κ1) is 18.7. The zero-order valence-corrected chi connectivity index (χ0v) is 16.6. The van der Waals surface area contributed by atoms with Crippen LogP contribution in [0.15, 0.2) is 24.3 Å². The van der Waals surface area contributed by atoms with Crippen LogP contribution in [0.1, 0.15) is 36.9 Å². The fourth-order valence-corrected chi connectivity index (χ4v) is 4.17. The molecule has 4 amide bonds. The number of piperidine rings is 1. The van der Waals surface area contributed by atoms with Gasteiger partial charge in [0.15, 0.2) is 0 Å². The lowest BCUT2D eigenvalue weighted by atomic mass is 10.0. The number of urea groups is 2. The van der Waals surface area contributed by atoms with Crippen molar-refractivity contribution in [2.45, 2.75) is 51.2 Å². The molecule has 1 atom stereocenters. The lowest BCUT2D eigenvalue weighted by Gasteiger charge is -2.39. The van der Waals surface area contributed by atoms with E-state index < -0.39 is 0 Å². The molecule has 2 heterocycles. The van der Waals surface area contributed by atoms with Gasteiger partial charge in [0.1, 0.15) is 0 Å². The first-order chi connectivity index (χ1) is 13.5. The fourth-order valence-electron chi connectivity index (χ4n) is 4.17. The lowest BCUT2D eigenvalue weighted by Crippen LogP contribution is -2.56.